The van der Waals surface area contributed by atoms with Crippen LogP contribution in [0.15, 0.2) is 24.3 Å². The second-order valence-corrected chi connectivity index (χ2v) is 3.16. The number of alkyl halides is 3. The highest BCUT2D eigenvalue weighted by Gasteiger charge is 2.33. The highest BCUT2D eigenvalue weighted by Crippen LogP contribution is 2.31. The molecular formula is C10H13F3NO+. The van der Waals surface area contributed by atoms with E-state index in [1.54, 1.807) is 11.4 Å². The van der Waals surface area contributed by atoms with Crippen molar-refractivity contribution in [1.82, 2.24) is 0 Å². The van der Waals surface area contributed by atoms with Crippen LogP contribution in [0.25, 0.3) is 0 Å². The van der Waals surface area contributed by atoms with Crippen LogP contribution in [0, 0.1) is 0 Å². The molecule has 3 N–H and O–H groups in total. The minimum absolute atomic E-state index is 0.0335. The molecule has 5 heteroatoms. The number of halogens is 3. The summed E-state index contributed by atoms with van der Waals surface area (Å²) in [5.74, 6) is 0. The van der Waals surface area contributed by atoms with E-state index in [9.17, 15) is 13.2 Å². The molecule has 0 fully saturated rings. The van der Waals surface area contributed by atoms with Crippen LogP contribution in [0.2, 0.25) is 0 Å². The summed E-state index contributed by atoms with van der Waals surface area (Å²) in [4.78, 5) is 0. The quantitative estimate of drug-likeness (QED) is 0.722. The Morgan fingerprint density at radius 1 is 1.20 bits per heavy atom. The Hall–Kier alpha value is -1.07. The van der Waals surface area contributed by atoms with E-state index in [4.69, 9.17) is 5.11 Å². The lowest BCUT2D eigenvalue weighted by Gasteiger charge is -2.11. The first-order valence-corrected chi connectivity index (χ1v) is 4.63. The average molecular weight is 220 g/mol. The molecule has 0 bridgehead atoms. The van der Waals surface area contributed by atoms with Crippen LogP contribution in [0.1, 0.15) is 11.1 Å². The Bertz CT molecular complexity index is 312. The third kappa shape index (κ3) is 3.53. The molecule has 2 nitrogen and oxygen atoms in total. The molecule has 0 saturated heterocycles. The monoisotopic (exact) mass is 220 g/mol. The number of aliphatic hydroxyl groups excluding tert-OH is 1. The first-order valence-electron chi connectivity index (χ1n) is 4.63. The number of quaternary nitrogens is 1. The van der Waals surface area contributed by atoms with Crippen LogP contribution in [0.5, 0.6) is 0 Å². The van der Waals surface area contributed by atoms with Gasteiger partial charge in [0.15, 0.2) is 0 Å². The molecule has 1 aromatic carbocycles. The summed E-state index contributed by atoms with van der Waals surface area (Å²) >= 11 is 0. The van der Waals surface area contributed by atoms with Crippen molar-refractivity contribution in [2.75, 3.05) is 13.2 Å². The predicted molar refractivity (Wildman–Crippen MR) is 49.0 cm³/mol. The van der Waals surface area contributed by atoms with Crippen LogP contribution in [-0.4, -0.2) is 18.3 Å². The van der Waals surface area contributed by atoms with E-state index in [-0.39, 0.29) is 18.7 Å². The molecule has 0 unspecified atom stereocenters. The maximum atomic E-state index is 12.5. The fourth-order valence-electron chi connectivity index (χ4n) is 1.32. The van der Waals surface area contributed by atoms with Gasteiger partial charge in [-0.1, -0.05) is 18.2 Å². The molecule has 0 aliphatic heterocycles. The van der Waals surface area contributed by atoms with Crippen LogP contribution in [-0.2, 0) is 12.7 Å². The fourth-order valence-corrected chi connectivity index (χ4v) is 1.32. The Labute approximate surface area is 85.7 Å². The highest BCUT2D eigenvalue weighted by atomic mass is 19.4. The minimum atomic E-state index is -4.30. The highest BCUT2D eigenvalue weighted by molar-refractivity contribution is 5.28. The SMILES string of the molecule is OCC[NH2+]Cc1ccccc1C(F)(F)F. The summed E-state index contributed by atoms with van der Waals surface area (Å²) in [6, 6.07) is 5.48. The standard InChI is InChI=1S/C10H12F3NO/c11-10(12,13)9-4-2-1-3-8(9)7-14-5-6-15/h1-4,14-15H,5-7H2/p+1. The number of benzene rings is 1. The predicted octanol–water partition coefficient (Wildman–Crippen LogP) is 0.761. The lowest BCUT2D eigenvalue weighted by molar-refractivity contribution is -0.671. The van der Waals surface area contributed by atoms with Crippen LogP contribution in [0.4, 0.5) is 13.2 Å². The van der Waals surface area contributed by atoms with Gasteiger partial charge in [0.25, 0.3) is 0 Å². The number of aliphatic hydroxyl groups is 1. The number of nitrogens with two attached hydrogens (primary N) is 1. The topological polar surface area (TPSA) is 36.8 Å². The largest absolute Gasteiger partial charge is 0.416 e. The van der Waals surface area contributed by atoms with Gasteiger partial charge in [0.2, 0.25) is 0 Å². The summed E-state index contributed by atoms with van der Waals surface area (Å²) in [7, 11) is 0. The molecule has 0 aromatic heterocycles. The normalized spacial score (nSPS) is 11.7. The zero-order chi connectivity index (χ0) is 11.3. The van der Waals surface area contributed by atoms with Crippen molar-refractivity contribution in [3.05, 3.63) is 35.4 Å². The molecule has 0 heterocycles. The first kappa shape index (κ1) is 12.0. The van der Waals surface area contributed by atoms with Crippen molar-refractivity contribution in [3.8, 4) is 0 Å². The van der Waals surface area contributed by atoms with Gasteiger partial charge in [-0.25, -0.2) is 0 Å². The van der Waals surface area contributed by atoms with E-state index < -0.39 is 11.7 Å². The van der Waals surface area contributed by atoms with Crippen LogP contribution in [0.3, 0.4) is 0 Å². The second-order valence-electron chi connectivity index (χ2n) is 3.16. The van der Waals surface area contributed by atoms with E-state index in [0.29, 0.717) is 6.54 Å². The van der Waals surface area contributed by atoms with Crippen molar-refractivity contribution < 1.29 is 23.6 Å². The van der Waals surface area contributed by atoms with Crippen molar-refractivity contribution in [3.63, 3.8) is 0 Å². The van der Waals surface area contributed by atoms with E-state index in [1.165, 1.54) is 12.1 Å². The van der Waals surface area contributed by atoms with Gasteiger partial charge >= 0.3 is 6.18 Å². The van der Waals surface area contributed by atoms with Gasteiger partial charge in [-0.3, -0.25) is 0 Å². The van der Waals surface area contributed by atoms with Crippen molar-refractivity contribution in [2.45, 2.75) is 12.7 Å². The lowest BCUT2D eigenvalue weighted by atomic mass is 10.1. The molecule has 0 aliphatic carbocycles. The number of hydrogen-bond acceptors (Lipinski definition) is 1. The fraction of sp³-hybridized carbons (Fsp3) is 0.400. The third-order valence-corrected chi connectivity index (χ3v) is 2.02. The maximum Gasteiger partial charge on any atom is 0.416 e. The summed E-state index contributed by atoms with van der Waals surface area (Å²) in [6.45, 7) is 0.608. The maximum absolute atomic E-state index is 12.5. The van der Waals surface area contributed by atoms with Crippen molar-refractivity contribution in [2.24, 2.45) is 0 Å². The zero-order valence-electron chi connectivity index (χ0n) is 8.09. The van der Waals surface area contributed by atoms with Gasteiger partial charge in [-0.2, -0.15) is 13.2 Å². The molecule has 0 aliphatic rings. The molecule has 1 rings (SSSR count). The van der Waals surface area contributed by atoms with Crippen LogP contribution < -0.4 is 5.32 Å². The molecule has 0 saturated carbocycles. The Kier molecular flexibility index (Phi) is 4.11. The first-order chi connectivity index (χ1) is 7.05. The zero-order valence-corrected chi connectivity index (χ0v) is 8.09. The molecular weight excluding hydrogens is 207 g/mol. The Morgan fingerprint density at radius 2 is 1.87 bits per heavy atom. The summed E-state index contributed by atoms with van der Waals surface area (Å²) in [6.07, 6.45) is -4.30. The van der Waals surface area contributed by atoms with Crippen molar-refractivity contribution in [1.29, 1.82) is 0 Å². The molecule has 0 spiro atoms. The van der Waals surface area contributed by atoms with E-state index in [1.807, 2.05) is 0 Å². The Balaban J connectivity index is 2.78. The number of rotatable bonds is 4. The van der Waals surface area contributed by atoms with E-state index >= 15 is 0 Å². The Morgan fingerprint density at radius 3 is 2.47 bits per heavy atom. The smallest absolute Gasteiger partial charge is 0.391 e. The van der Waals surface area contributed by atoms with Gasteiger partial charge in [-0.05, 0) is 6.07 Å². The lowest BCUT2D eigenvalue weighted by Crippen LogP contribution is -2.83. The van der Waals surface area contributed by atoms with Gasteiger partial charge < -0.3 is 10.4 Å². The van der Waals surface area contributed by atoms with E-state index in [2.05, 4.69) is 0 Å². The molecule has 0 amide bonds. The van der Waals surface area contributed by atoms with E-state index in [0.717, 1.165) is 6.07 Å². The molecule has 15 heavy (non-hydrogen) atoms. The molecule has 84 valence electrons. The molecule has 0 radical (unpaired) electrons. The van der Waals surface area contributed by atoms with Gasteiger partial charge in [0.1, 0.15) is 6.54 Å². The van der Waals surface area contributed by atoms with Crippen molar-refractivity contribution >= 4 is 0 Å². The third-order valence-electron chi connectivity index (χ3n) is 2.02. The van der Waals surface area contributed by atoms with Gasteiger partial charge in [-0.15, -0.1) is 0 Å². The van der Waals surface area contributed by atoms with Crippen LogP contribution >= 0.6 is 0 Å². The molecule has 0 atom stereocenters. The van der Waals surface area contributed by atoms with Gasteiger partial charge in [0, 0.05) is 5.56 Å². The summed E-state index contributed by atoms with van der Waals surface area (Å²) in [5.41, 5.74) is -0.349. The second kappa shape index (κ2) is 5.14. The van der Waals surface area contributed by atoms with Gasteiger partial charge in [0.05, 0.1) is 18.7 Å². The summed E-state index contributed by atoms with van der Waals surface area (Å²) in [5, 5.41) is 10.2. The average Bonchev–Trinajstić information content (AvgIpc) is 2.17. The molecule has 1 aromatic rings. The number of hydrogen-bond donors (Lipinski definition) is 2. The summed E-state index contributed by atoms with van der Waals surface area (Å²) < 4.78 is 37.5. The minimum Gasteiger partial charge on any atom is -0.391 e.